The number of aromatic hydroxyl groups is 1. The van der Waals surface area contributed by atoms with E-state index in [1.54, 1.807) is 0 Å². The highest BCUT2D eigenvalue weighted by atomic mass is 35.5. The Bertz CT molecular complexity index is 403. The first-order chi connectivity index (χ1) is 7.65. The maximum Gasteiger partial charge on any atom is 0.137 e. The SMILES string of the molecule is CC(CN)c1cc2c(c(Cl)c1O)CCCC2. The van der Waals surface area contributed by atoms with Crippen LogP contribution in [0.3, 0.4) is 0 Å². The minimum absolute atomic E-state index is 0.157. The molecule has 0 aromatic heterocycles. The van der Waals surface area contributed by atoms with Gasteiger partial charge in [-0.05, 0) is 54.8 Å². The first-order valence-corrected chi connectivity index (χ1v) is 6.26. The second-order valence-electron chi connectivity index (χ2n) is 4.61. The predicted molar refractivity (Wildman–Crippen MR) is 67.2 cm³/mol. The van der Waals surface area contributed by atoms with E-state index in [9.17, 15) is 5.11 Å². The summed E-state index contributed by atoms with van der Waals surface area (Å²) in [6.45, 7) is 2.54. The van der Waals surface area contributed by atoms with E-state index in [-0.39, 0.29) is 11.7 Å². The lowest BCUT2D eigenvalue weighted by molar-refractivity contribution is 0.461. The van der Waals surface area contributed by atoms with Gasteiger partial charge in [0.15, 0.2) is 0 Å². The van der Waals surface area contributed by atoms with Gasteiger partial charge in [0, 0.05) is 0 Å². The minimum Gasteiger partial charge on any atom is -0.506 e. The number of benzene rings is 1. The van der Waals surface area contributed by atoms with Crippen LogP contribution < -0.4 is 5.73 Å². The van der Waals surface area contributed by atoms with Crippen LogP contribution in [0.4, 0.5) is 0 Å². The fourth-order valence-corrected chi connectivity index (χ4v) is 2.69. The summed E-state index contributed by atoms with van der Waals surface area (Å²) in [5.74, 6) is 0.394. The van der Waals surface area contributed by atoms with E-state index >= 15 is 0 Å². The standard InChI is InChI=1S/C13H18ClNO/c1-8(7-15)11-6-9-4-2-3-5-10(9)12(14)13(11)16/h6,8,16H,2-5,7,15H2,1H3. The molecule has 0 bridgehead atoms. The summed E-state index contributed by atoms with van der Waals surface area (Å²) >= 11 is 6.23. The van der Waals surface area contributed by atoms with E-state index in [2.05, 4.69) is 6.07 Å². The molecule has 3 N–H and O–H groups in total. The number of halogens is 1. The molecule has 0 saturated carbocycles. The number of phenolic OH excluding ortho intramolecular Hbond substituents is 1. The molecule has 2 rings (SSSR count). The summed E-state index contributed by atoms with van der Waals surface area (Å²) in [4.78, 5) is 0. The van der Waals surface area contributed by atoms with E-state index < -0.39 is 0 Å². The highest BCUT2D eigenvalue weighted by molar-refractivity contribution is 6.33. The predicted octanol–water partition coefficient (Wildman–Crippen LogP) is 2.99. The maximum absolute atomic E-state index is 10.1. The Morgan fingerprint density at radius 2 is 2.12 bits per heavy atom. The first kappa shape index (κ1) is 11.7. The molecule has 1 aromatic rings. The van der Waals surface area contributed by atoms with Crippen molar-refractivity contribution in [3.8, 4) is 5.75 Å². The summed E-state index contributed by atoms with van der Waals surface area (Å²) in [5, 5.41) is 10.6. The summed E-state index contributed by atoms with van der Waals surface area (Å²) in [5.41, 5.74) is 8.97. The number of hydrogen-bond acceptors (Lipinski definition) is 2. The van der Waals surface area contributed by atoms with Crippen LogP contribution in [0.5, 0.6) is 5.75 Å². The highest BCUT2D eigenvalue weighted by Gasteiger charge is 2.20. The van der Waals surface area contributed by atoms with Gasteiger partial charge in [-0.25, -0.2) is 0 Å². The molecular formula is C13H18ClNO. The van der Waals surface area contributed by atoms with Crippen LogP contribution in [-0.4, -0.2) is 11.7 Å². The van der Waals surface area contributed by atoms with Crippen molar-refractivity contribution in [2.45, 2.75) is 38.5 Å². The average molecular weight is 240 g/mol. The molecule has 0 amide bonds. The second-order valence-corrected chi connectivity index (χ2v) is 4.99. The van der Waals surface area contributed by atoms with Gasteiger partial charge in [-0.2, -0.15) is 0 Å². The molecule has 1 unspecified atom stereocenters. The van der Waals surface area contributed by atoms with Crippen molar-refractivity contribution in [2.24, 2.45) is 5.73 Å². The Morgan fingerprint density at radius 3 is 2.81 bits per heavy atom. The van der Waals surface area contributed by atoms with Crippen LogP contribution in [0.2, 0.25) is 5.02 Å². The molecule has 1 atom stereocenters. The molecule has 1 aromatic carbocycles. The molecular weight excluding hydrogens is 222 g/mol. The van der Waals surface area contributed by atoms with Crippen molar-refractivity contribution in [3.05, 3.63) is 27.8 Å². The van der Waals surface area contributed by atoms with Gasteiger partial charge in [-0.3, -0.25) is 0 Å². The van der Waals surface area contributed by atoms with Gasteiger partial charge in [0.1, 0.15) is 5.75 Å². The normalized spacial score (nSPS) is 16.9. The van der Waals surface area contributed by atoms with Crippen LogP contribution in [0.1, 0.15) is 42.4 Å². The molecule has 88 valence electrons. The zero-order valence-corrected chi connectivity index (χ0v) is 10.3. The molecule has 1 aliphatic rings. The van der Waals surface area contributed by atoms with Crippen molar-refractivity contribution in [1.29, 1.82) is 0 Å². The van der Waals surface area contributed by atoms with Gasteiger partial charge in [-0.1, -0.05) is 24.6 Å². The Morgan fingerprint density at radius 1 is 1.44 bits per heavy atom. The Hall–Kier alpha value is -0.730. The smallest absolute Gasteiger partial charge is 0.137 e. The fourth-order valence-electron chi connectivity index (χ4n) is 2.37. The van der Waals surface area contributed by atoms with Crippen LogP contribution in [0, 0.1) is 0 Å². The van der Waals surface area contributed by atoms with Crippen molar-refractivity contribution >= 4 is 11.6 Å². The summed E-state index contributed by atoms with van der Waals surface area (Å²) in [7, 11) is 0. The zero-order valence-electron chi connectivity index (χ0n) is 9.59. The minimum atomic E-state index is 0.157. The fraction of sp³-hybridized carbons (Fsp3) is 0.538. The lowest BCUT2D eigenvalue weighted by Crippen LogP contribution is -2.12. The van der Waals surface area contributed by atoms with E-state index in [1.807, 2.05) is 6.92 Å². The summed E-state index contributed by atoms with van der Waals surface area (Å²) in [6, 6.07) is 2.09. The van der Waals surface area contributed by atoms with E-state index in [1.165, 1.54) is 12.0 Å². The number of aryl methyl sites for hydroxylation is 1. The van der Waals surface area contributed by atoms with Crippen molar-refractivity contribution in [3.63, 3.8) is 0 Å². The van der Waals surface area contributed by atoms with Crippen LogP contribution in [0.15, 0.2) is 6.07 Å². The topological polar surface area (TPSA) is 46.2 Å². The van der Waals surface area contributed by atoms with Gasteiger partial charge in [0.2, 0.25) is 0 Å². The molecule has 2 nitrogen and oxygen atoms in total. The number of nitrogens with two attached hydrogens (primary N) is 1. The lowest BCUT2D eigenvalue weighted by atomic mass is 9.87. The van der Waals surface area contributed by atoms with Crippen molar-refractivity contribution < 1.29 is 5.11 Å². The van der Waals surface area contributed by atoms with Gasteiger partial charge in [0.05, 0.1) is 5.02 Å². The number of phenols is 1. The number of hydrogen-bond donors (Lipinski definition) is 2. The number of rotatable bonds is 2. The molecule has 0 radical (unpaired) electrons. The van der Waals surface area contributed by atoms with Gasteiger partial charge < -0.3 is 10.8 Å². The Kier molecular flexibility index (Phi) is 3.41. The first-order valence-electron chi connectivity index (χ1n) is 5.88. The Labute approximate surface area is 101 Å². The van der Waals surface area contributed by atoms with E-state index in [4.69, 9.17) is 17.3 Å². The third-order valence-electron chi connectivity index (χ3n) is 3.47. The van der Waals surface area contributed by atoms with Gasteiger partial charge in [-0.15, -0.1) is 0 Å². The lowest BCUT2D eigenvalue weighted by Gasteiger charge is -2.22. The summed E-state index contributed by atoms with van der Waals surface area (Å²) < 4.78 is 0. The highest BCUT2D eigenvalue weighted by Crippen LogP contribution is 2.39. The molecule has 0 saturated heterocycles. The van der Waals surface area contributed by atoms with Gasteiger partial charge in [0.25, 0.3) is 0 Å². The van der Waals surface area contributed by atoms with Gasteiger partial charge >= 0.3 is 0 Å². The monoisotopic (exact) mass is 239 g/mol. The molecule has 3 heteroatoms. The maximum atomic E-state index is 10.1. The molecule has 1 aliphatic carbocycles. The second kappa shape index (κ2) is 4.64. The molecule has 0 fully saturated rings. The van der Waals surface area contributed by atoms with Crippen LogP contribution in [-0.2, 0) is 12.8 Å². The van der Waals surface area contributed by atoms with Crippen molar-refractivity contribution in [2.75, 3.05) is 6.54 Å². The van der Waals surface area contributed by atoms with Crippen molar-refractivity contribution in [1.82, 2.24) is 0 Å². The van der Waals surface area contributed by atoms with Crippen LogP contribution in [0.25, 0.3) is 0 Å². The average Bonchev–Trinajstić information content (AvgIpc) is 2.33. The summed E-state index contributed by atoms with van der Waals surface area (Å²) in [6.07, 6.45) is 4.43. The van der Waals surface area contributed by atoms with Crippen LogP contribution >= 0.6 is 11.6 Å². The quantitative estimate of drug-likeness (QED) is 0.834. The number of fused-ring (bicyclic) bond motifs is 1. The Balaban J connectivity index is 2.52. The molecule has 0 spiro atoms. The largest absolute Gasteiger partial charge is 0.506 e. The molecule has 0 heterocycles. The van der Waals surface area contributed by atoms with E-state index in [0.717, 1.165) is 30.4 Å². The molecule has 0 aliphatic heterocycles. The van der Waals surface area contributed by atoms with E-state index in [0.29, 0.717) is 11.6 Å². The third kappa shape index (κ3) is 1.92. The molecule has 16 heavy (non-hydrogen) atoms. The third-order valence-corrected chi connectivity index (χ3v) is 3.88. The zero-order chi connectivity index (χ0) is 11.7.